The zero-order chi connectivity index (χ0) is 19.4. The van der Waals surface area contributed by atoms with Gasteiger partial charge in [-0.15, -0.1) is 21.5 Å². The number of hydrogen-bond acceptors (Lipinski definition) is 7. The van der Waals surface area contributed by atoms with Crippen LogP contribution in [0.25, 0.3) is 0 Å². The van der Waals surface area contributed by atoms with Crippen LogP contribution in [0, 0.1) is 6.92 Å². The number of halogens is 1. The number of carbonyl (C=O) groups excluding carboxylic acids is 1. The number of aromatic nitrogens is 4. The fourth-order valence-corrected chi connectivity index (χ4v) is 3.87. The number of anilines is 1. The predicted octanol–water partition coefficient (Wildman–Crippen LogP) is 4.10. The maximum absolute atomic E-state index is 12.1. The van der Waals surface area contributed by atoms with Gasteiger partial charge in [0.25, 0.3) is 0 Å². The predicted molar refractivity (Wildman–Crippen MR) is 108 cm³/mol. The van der Waals surface area contributed by atoms with Crippen molar-refractivity contribution in [2.45, 2.75) is 25.1 Å². The average molecular weight is 424 g/mol. The SMILES string of the molecule is Cc1cnc(NC(=O)CSc2nnc([C@H](C)Oc3ccccc3Cl)n2C)s1. The van der Waals surface area contributed by atoms with Crippen LogP contribution in [0.3, 0.4) is 0 Å². The molecule has 0 aliphatic rings. The van der Waals surface area contributed by atoms with Gasteiger partial charge in [-0.05, 0) is 26.0 Å². The van der Waals surface area contributed by atoms with Crippen molar-refractivity contribution in [3.63, 3.8) is 0 Å². The summed E-state index contributed by atoms with van der Waals surface area (Å²) < 4.78 is 7.69. The molecule has 0 aliphatic carbocycles. The van der Waals surface area contributed by atoms with Gasteiger partial charge in [-0.3, -0.25) is 4.79 Å². The molecule has 2 aromatic heterocycles. The lowest BCUT2D eigenvalue weighted by molar-refractivity contribution is -0.113. The summed E-state index contributed by atoms with van der Waals surface area (Å²) >= 11 is 8.87. The summed E-state index contributed by atoms with van der Waals surface area (Å²) in [6.45, 7) is 3.81. The van der Waals surface area contributed by atoms with Gasteiger partial charge in [0.15, 0.2) is 22.2 Å². The number of rotatable bonds is 7. The molecule has 3 rings (SSSR count). The van der Waals surface area contributed by atoms with Crippen molar-refractivity contribution in [1.82, 2.24) is 19.7 Å². The number of nitrogens with zero attached hydrogens (tertiary/aromatic N) is 4. The fraction of sp³-hybridized carbons (Fsp3) is 0.294. The van der Waals surface area contributed by atoms with E-state index in [1.165, 1.54) is 23.1 Å². The van der Waals surface area contributed by atoms with Crippen molar-refractivity contribution < 1.29 is 9.53 Å². The van der Waals surface area contributed by atoms with E-state index in [4.69, 9.17) is 16.3 Å². The summed E-state index contributed by atoms with van der Waals surface area (Å²) in [5.41, 5.74) is 0. The molecule has 1 amide bonds. The van der Waals surface area contributed by atoms with Crippen molar-refractivity contribution in [3.8, 4) is 5.75 Å². The van der Waals surface area contributed by atoms with E-state index in [0.29, 0.717) is 26.9 Å². The van der Waals surface area contributed by atoms with Crippen LogP contribution in [-0.4, -0.2) is 31.4 Å². The fourth-order valence-electron chi connectivity index (χ4n) is 2.29. The van der Waals surface area contributed by atoms with E-state index in [2.05, 4.69) is 20.5 Å². The first kappa shape index (κ1) is 19.7. The van der Waals surface area contributed by atoms with Crippen LogP contribution in [0.5, 0.6) is 5.75 Å². The van der Waals surface area contributed by atoms with Gasteiger partial charge < -0.3 is 14.6 Å². The molecule has 7 nitrogen and oxygen atoms in total. The Morgan fingerprint density at radius 3 is 2.89 bits per heavy atom. The number of para-hydroxylation sites is 1. The zero-order valence-electron chi connectivity index (χ0n) is 15.0. The number of thioether (sulfide) groups is 1. The maximum Gasteiger partial charge on any atom is 0.236 e. The van der Waals surface area contributed by atoms with Crippen LogP contribution in [0.2, 0.25) is 5.02 Å². The molecule has 0 bridgehead atoms. The number of aryl methyl sites for hydroxylation is 1. The molecule has 2 heterocycles. The number of amides is 1. The first-order valence-corrected chi connectivity index (χ1v) is 10.3. The number of nitrogens with one attached hydrogen (secondary N) is 1. The molecule has 27 heavy (non-hydrogen) atoms. The van der Waals surface area contributed by atoms with Crippen LogP contribution >= 0.6 is 34.7 Å². The summed E-state index contributed by atoms with van der Waals surface area (Å²) in [7, 11) is 1.84. The van der Waals surface area contributed by atoms with E-state index in [1.54, 1.807) is 18.3 Å². The summed E-state index contributed by atoms with van der Waals surface area (Å²) in [5, 5.41) is 12.9. The molecule has 0 spiro atoms. The highest BCUT2D eigenvalue weighted by molar-refractivity contribution is 7.99. The van der Waals surface area contributed by atoms with Crippen molar-refractivity contribution >= 4 is 45.7 Å². The minimum Gasteiger partial charge on any atom is -0.481 e. The van der Waals surface area contributed by atoms with Gasteiger partial charge in [0, 0.05) is 18.1 Å². The molecule has 0 saturated carbocycles. The van der Waals surface area contributed by atoms with E-state index in [9.17, 15) is 4.79 Å². The van der Waals surface area contributed by atoms with Crippen LogP contribution < -0.4 is 10.1 Å². The minimum absolute atomic E-state index is 0.140. The van der Waals surface area contributed by atoms with Crippen molar-refractivity contribution in [2.24, 2.45) is 7.05 Å². The molecule has 142 valence electrons. The Hall–Kier alpha value is -2.10. The largest absolute Gasteiger partial charge is 0.481 e. The second-order valence-corrected chi connectivity index (χ2v) is 8.29. The smallest absolute Gasteiger partial charge is 0.236 e. The average Bonchev–Trinajstić information content (AvgIpc) is 3.20. The minimum atomic E-state index is -0.344. The summed E-state index contributed by atoms with van der Waals surface area (Å²) in [6.07, 6.45) is 1.38. The molecule has 0 saturated heterocycles. The molecule has 0 fully saturated rings. The molecule has 1 atom stereocenters. The Morgan fingerprint density at radius 2 is 2.19 bits per heavy atom. The molecule has 0 unspecified atom stereocenters. The number of thiazole rings is 1. The van der Waals surface area contributed by atoms with Crippen LogP contribution in [0.15, 0.2) is 35.6 Å². The molecule has 0 radical (unpaired) electrons. The number of benzene rings is 1. The quantitative estimate of drug-likeness (QED) is 0.576. The monoisotopic (exact) mass is 423 g/mol. The van der Waals surface area contributed by atoms with Gasteiger partial charge in [-0.1, -0.05) is 35.5 Å². The first-order chi connectivity index (χ1) is 12.9. The number of carbonyl (C=O) groups is 1. The standard InChI is InChI=1S/C17H18ClN5O2S2/c1-10-8-19-16(27-10)20-14(24)9-26-17-22-21-15(23(17)3)11(2)25-13-7-5-4-6-12(13)18/h4-8,11H,9H2,1-3H3,(H,19,20,24)/t11-/m0/s1. The molecule has 10 heteroatoms. The summed E-state index contributed by atoms with van der Waals surface area (Å²) in [6, 6.07) is 7.27. The second-order valence-electron chi connectivity index (χ2n) is 5.70. The summed E-state index contributed by atoms with van der Waals surface area (Å²) in [5.74, 6) is 1.30. The van der Waals surface area contributed by atoms with Crippen molar-refractivity contribution in [3.05, 3.63) is 46.2 Å². The normalized spacial score (nSPS) is 12.0. The highest BCUT2D eigenvalue weighted by atomic mass is 35.5. The van der Waals surface area contributed by atoms with Gasteiger partial charge in [-0.2, -0.15) is 0 Å². The summed E-state index contributed by atoms with van der Waals surface area (Å²) in [4.78, 5) is 17.2. The molecular weight excluding hydrogens is 406 g/mol. The van der Waals surface area contributed by atoms with Crippen molar-refractivity contribution in [1.29, 1.82) is 0 Å². The van der Waals surface area contributed by atoms with Crippen molar-refractivity contribution in [2.75, 3.05) is 11.1 Å². The third-order valence-corrected chi connectivity index (χ3v) is 5.73. The first-order valence-electron chi connectivity index (χ1n) is 8.09. The Kier molecular flexibility index (Phi) is 6.35. The third kappa shape index (κ3) is 5.00. The van der Waals surface area contributed by atoms with Gasteiger partial charge >= 0.3 is 0 Å². The lowest BCUT2D eigenvalue weighted by atomic mass is 10.3. The Labute approximate surface area is 170 Å². The van der Waals surface area contributed by atoms with E-state index in [-0.39, 0.29) is 17.8 Å². The van der Waals surface area contributed by atoms with E-state index < -0.39 is 0 Å². The van der Waals surface area contributed by atoms with Gasteiger partial charge in [0.2, 0.25) is 5.91 Å². The van der Waals surface area contributed by atoms with E-state index >= 15 is 0 Å². The Bertz CT molecular complexity index is 943. The van der Waals surface area contributed by atoms with E-state index in [1.807, 2.05) is 37.6 Å². The van der Waals surface area contributed by atoms with Crippen LogP contribution in [0.1, 0.15) is 23.7 Å². The molecular formula is C17H18ClN5O2S2. The molecule has 3 aromatic rings. The Morgan fingerprint density at radius 1 is 1.41 bits per heavy atom. The lowest BCUT2D eigenvalue weighted by Crippen LogP contribution is -2.14. The highest BCUT2D eigenvalue weighted by Gasteiger charge is 2.19. The van der Waals surface area contributed by atoms with Gasteiger partial charge in [0.05, 0.1) is 10.8 Å². The van der Waals surface area contributed by atoms with Gasteiger partial charge in [0.1, 0.15) is 5.75 Å². The zero-order valence-corrected chi connectivity index (χ0v) is 17.4. The molecule has 0 aliphatic heterocycles. The highest BCUT2D eigenvalue weighted by Crippen LogP contribution is 2.29. The lowest BCUT2D eigenvalue weighted by Gasteiger charge is -2.15. The molecule has 1 N–H and O–H groups in total. The topological polar surface area (TPSA) is 81.9 Å². The molecule has 1 aromatic carbocycles. The number of hydrogen-bond donors (Lipinski definition) is 1. The Balaban J connectivity index is 1.59. The third-order valence-electron chi connectivity index (χ3n) is 3.57. The van der Waals surface area contributed by atoms with Crippen LogP contribution in [-0.2, 0) is 11.8 Å². The maximum atomic E-state index is 12.1. The second kappa shape index (κ2) is 8.73. The van der Waals surface area contributed by atoms with Gasteiger partial charge in [-0.25, -0.2) is 4.98 Å². The number of ether oxygens (including phenoxy) is 1. The van der Waals surface area contributed by atoms with Crippen LogP contribution in [0.4, 0.5) is 5.13 Å². The van der Waals surface area contributed by atoms with E-state index in [0.717, 1.165) is 4.88 Å².